The Labute approximate surface area is 101 Å². The minimum atomic E-state index is -0.571. The quantitative estimate of drug-likeness (QED) is 0.821. The molecule has 3 atom stereocenters. The predicted octanol–water partition coefficient (Wildman–Crippen LogP) is 0.936. The lowest BCUT2D eigenvalue weighted by Gasteiger charge is -2.15. The highest BCUT2D eigenvalue weighted by atomic mass is 16.5. The molecule has 0 amide bonds. The van der Waals surface area contributed by atoms with Gasteiger partial charge < -0.3 is 19.8 Å². The molecule has 0 saturated carbocycles. The highest BCUT2D eigenvalue weighted by Gasteiger charge is 2.34. The van der Waals surface area contributed by atoms with Gasteiger partial charge in [-0.15, -0.1) is 0 Å². The highest BCUT2D eigenvalue weighted by molar-refractivity contribution is 5.46. The van der Waals surface area contributed by atoms with Crippen LogP contribution >= 0.6 is 0 Å². The molecule has 1 heterocycles. The van der Waals surface area contributed by atoms with E-state index in [1.54, 1.807) is 0 Å². The van der Waals surface area contributed by atoms with Crippen LogP contribution < -0.4 is 4.90 Å². The molecule has 2 N–H and O–H groups in total. The van der Waals surface area contributed by atoms with Gasteiger partial charge in [-0.2, -0.15) is 0 Å². The van der Waals surface area contributed by atoms with Crippen molar-refractivity contribution >= 4 is 5.69 Å². The van der Waals surface area contributed by atoms with Crippen LogP contribution in [0.15, 0.2) is 24.3 Å². The number of anilines is 1. The molecule has 1 aromatic carbocycles. The van der Waals surface area contributed by atoms with Gasteiger partial charge in [0.25, 0.3) is 0 Å². The van der Waals surface area contributed by atoms with Crippen molar-refractivity contribution in [1.82, 2.24) is 0 Å². The molecule has 1 unspecified atom stereocenters. The SMILES string of the molecule is CN(C)c1ccc([C@@H]2CC(O)[C@@H](CO)O2)cc1. The molecule has 0 radical (unpaired) electrons. The number of aliphatic hydroxyl groups is 2. The Morgan fingerprint density at radius 3 is 2.41 bits per heavy atom. The van der Waals surface area contributed by atoms with Crippen LogP contribution in [-0.4, -0.2) is 43.1 Å². The van der Waals surface area contributed by atoms with E-state index in [4.69, 9.17) is 9.84 Å². The summed E-state index contributed by atoms with van der Waals surface area (Å²) < 4.78 is 5.60. The maximum Gasteiger partial charge on any atom is 0.107 e. The molecule has 1 aliphatic heterocycles. The van der Waals surface area contributed by atoms with Gasteiger partial charge in [-0.3, -0.25) is 0 Å². The third-order valence-electron chi connectivity index (χ3n) is 3.19. The Hall–Kier alpha value is -1.10. The van der Waals surface area contributed by atoms with Gasteiger partial charge in [-0.1, -0.05) is 12.1 Å². The summed E-state index contributed by atoms with van der Waals surface area (Å²) in [7, 11) is 3.99. The van der Waals surface area contributed by atoms with E-state index >= 15 is 0 Å². The summed E-state index contributed by atoms with van der Waals surface area (Å²) in [5, 5.41) is 18.7. The van der Waals surface area contributed by atoms with Crippen LogP contribution in [0.2, 0.25) is 0 Å². The fourth-order valence-electron chi connectivity index (χ4n) is 2.09. The predicted molar refractivity (Wildman–Crippen MR) is 66.1 cm³/mol. The molecule has 0 aromatic heterocycles. The lowest BCUT2D eigenvalue weighted by molar-refractivity contribution is -0.0225. The minimum absolute atomic E-state index is 0.113. The van der Waals surface area contributed by atoms with E-state index < -0.39 is 12.2 Å². The second-order valence-electron chi connectivity index (χ2n) is 4.63. The number of benzene rings is 1. The smallest absolute Gasteiger partial charge is 0.107 e. The van der Waals surface area contributed by atoms with E-state index in [1.807, 2.05) is 43.3 Å². The van der Waals surface area contributed by atoms with E-state index in [9.17, 15) is 5.11 Å². The Bertz CT molecular complexity index is 363. The Kier molecular flexibility index (Phi) is 3.66. The van der Waals surface area contributed by atoms with E-state index in [-0.39, 0.29) is 12.7 Å². The molecule has 4 nitrogen and oxygen atoms in total. The van der Waals surface area contributed by atoms with Gasteiger partial charge in [-0.25, -0.2) is 0 Å². The van der Waals surface area contributed by atoms with Crippen molar-refractivity contribution in [2.45, 2.75) is 24.7 Å². The lowest BCUT2D eigenvalue weighted by atomic mass is 10.0. The third kappa shape index (κ3) is 2.60. The van der Waals surface area contributed by atoms with Crippen molar-refractivity contribution < 1.29 is 14.9 Å². The van der Waals surface area contributed by atoms with Crippen LogP contribution in [0.3, 0.4) is 0 Å². The first-order valence-electron chi connectivity index (χ1n) is 5.83. The highest BCUT2D eigenvalue weighted by Crippen LogP contribution is 2.33. The van der Waals surface area contributed by atoms with Crippen LogP contribution in [0.1, 0.15) is 18.1 Å². The van der Waals surface area contributed by atoms with Crippen LogP contribution in [0.4, 0.5) is 5.69 Å². The molecular weight excluding hydrogens is 218 g/mol. The van der Waals surface area contributed by atoms with Gasteiger partial charge in [0.15, 0.2) is 0 Å². The molecule has 0 aliphatic carbocycles. The average molecular weight is 237 g/mol. The zero-order valence-corrected chi connectivity index (χ0v) is 10.2. The van der Waals surface area contributed by atoms with E-state index in [0.717, 1.165) is 11.3 Å². The van der Waals surface area contributed by atoms with Gasteiger partial charge in [0, 0.05) is 26.2 Å². The number of hydrogen-bond acceptors (Lipinski definition) is 4. The fourth-order valence-corrected chi connectivity index (χ4v) is 2.09. The van der Waals surface area contributed by atoms with Crippen LogP contribution in [0, 0.1) is 0 Å². The molecule has 1 aliphatic rings. The van der Waals surface area contributed by atoms with E-state index in [2.05, 4.69) is 0 Å². The monoisotopic (exact) mass is 237 g/mol. The first-order valence-corrected chi connectivity index (χ1v) is 5.83. The normalized spacial score (nSPS) is 28.4. The Balaban J connectivity index is 2.08. The molecule has 94 valence electrons. The van der Waals surface area contributed by atoms with Gasteiger partial charge in [0.05, 0.1) is 18.8 Å². The topological polar surface area (TPSA) is 52.9 Å². The molecule has 1 saturated heterocycles. The Morgan fingerprint density at radius 1 is 1.29 bits per heavy atom. The number of nitrogens with zero attached hydrogens (tertiary/aromatic N) is 1. The summed E-state index contributed by atoms with van der Waals surface area (Å²) in [5.74, 6) is 0. The molecule has 2 rings (SSSR count). The van der Waals surface area contributed by atoms with Gasteiger partial charge in [-0.05, 0) is 17.7 Å². The summed E-state index contributed by atoms with van der Waals surface area (Å²) in [6, 6.07) is 8.06. The maximum atomic E-state index is 9.67. The standard InChI is InChI=1S/C13H19NO3/c1-14(2)10-5-3-9(4-6-10)12-7-11(16)13(8-15)17-12/h3-6,11-13,15-16H,7-8H2,1-2H3/t11?,12-,13+/m0/s1. The summed E-state index contributed by atoms with van der Waals surface area (Å²) in [5.41, 5.74) is 2.18. The lowest BCUT2D eigenvalue weighted by Crippen LogP contribution is -2.24. The van der Waals surface area contributed by atoms with Crippen molar-refractivity contribution in [2.24, 2.45) is 0 Å². The van der Waals surface area contributed by atoms with Crippen molar-refractivity contribution in [2.75, 3.05) is 25.6 Å². The number of aliphatic hydroxyl groups excluding tert-OH is 2. The number of hydrogen-bond donors (Lipinski definition) is 2. The zero-order chi connectivity index (χ0) is 12.4. The fraction of sp³-hybridized carbons (Fsp3) is 0.538. The molecule has 4 heteroatoms. The zero-order valence-electron chi connectivity index (χ0n) is 10.2. The molecule has 1 fully saturated rings. The van der Waals surface area contributed by atoms with Gasteiger partial charge in [0.1, 0.15) is 6.10 Å². The van der Waals surface area contributed by atoms with Crippen molar-refractivity contribution in [3.8, 4) is 0 Å². The van der Waals surface area contributed by atoms with Crippen LogP contribution in [-0.2, 0) is 4.74 Å². The first kappa shape index (κ1) is 12.4. The van der Waals surface area contributed by atoms with Crippen molar-refractivity contribution in [1.29, 1.82) is 0 Å². The van der Waals surface area contributed by atoms with Crippen LogP contribution in [0.25, 0.3) is 0 Å². The first-order chi connectivity index (χ1) is 8.11. The Morgan fingerprint density at radius 2 is 1.94 bits per heavy atom. The minimum Gasteiger partial charge on any atom is -0.394 e. The summed E-state index contributed by atoms with van der Waals surface area (Å²) >= 11 is 0. The average Bonchev–Trinajstić information content (AvgIpc) is 2.70. The molecule has 17 heavy (non-hydrogen) atoms. The third-order valence-corrected chi connectivity index (χ3v) is 3.19. The molecule has 0 bridgehead atoms. The summed E-state index contributed by atoms with van der Waals surface area (Å²) in [6.45, 7) is -0.131. The molecule has 1 aromatic rings. The van der Waals surface area contributed by atoms with Gasteiger partial charge in [0.2, 0.25) is 0 Å². The largest absolute Gasteiger partial charge is 0.394 e. The summed E-state index contributed by atoms with van der Waals surface area (Å²) in [6.07, 6.45) is -0.586. The second kappa shape index (κ2) is 5.04. The second-order valence-corrected chi connectivity index (χ2v) is 4.63. The van der Waals surface area contributed by atoms with Crippen molar-refractivity contribution in [3.05, 3.63) is 29.8 Å². The van der Waals surface area contributed by atoms with Crippen molar-refractivity contribution in [3.63, 3.8) is 0 Å². The van der Waals surface area contributed by atoms with Gasteiger partial charge >= 0.3 is 0 Å². The molecule has 0 spiro atoms. The molecular formula is C13H19NO3. The van der Waals surface area contributed by atoms with E-state index in [0.29, 0.717) is 6.42 Å². The maximum absolute atomic E-state index is 9.67. The number of ether oxygens (including phenoxy) is 1. The van der Waals surface area contributed by atoms with E-state index in [1.165, 1.54) is 0 Å². The summed E-state index contributed by atoms with van der Waals surface area (Å²) in [4.78, 5) is 2.03. The number of rotatable bonds is 3. The van der Waals surface area contributed by atoms with Crippen LogP contribution in [0.5, 0.6) is 0 Å².